The molecule has 25 heavy (non-hydrogen) atoms. The summed E-state index contributed by atoms with van der Waals surface area (Å²) in [5, 5.41) is 7.86. The van der Waals surface area contributed by atoms with Crippen LogP contribution in [-0.2, 0) is 4.74 Å². The van der Waals surface area contributed by atoms with Crippen LogP contribution in [0.2, 0.25) is 0 Å². The van der Waals surface area contributed by atoms with Gasteiger partial charge in [-0.3, -0.25) is 0 Å². The molecule has 0 fully saturated rings. The van der Waals surface area contributed by atoms with E-state index in [0.717, 1.165) is 38.8 Å². The predicted molar refractivity (Wildman–Crippen MR) is 105 cm³/mol. The Bertz CT molecular complexity index is 1080. The Labute approximate surface area is 149 Å². The largest absolute Gasteiger partial charge is 0.383 e. The minimum absolute atomic E-state index is 0.563. The lowest BCUT2D eigenvalue weighted by atomic mass is 10.2. The lowest BCUT2D eigenvalue weighted by Crippen LogP contribution is -2.31. The van der Waals surface area contributed by atoms with Crippen molar-refractivity contribution in [2.24, 2.45) is 0 Å². The lowest BCUT2D eigenvalue weighted by Gasteiger charge is -2.10. The van der Waals surface area contributed by atoms with E-state index in [9.17, 15) is 0 Å². The third-order valence-corrected chi connectivity index (χ3v) is 4.19. The second-order valence-electron chi connectivity index (χ2n) is 5.67. The van der Waals surface area contributed by atoms with Crippen LogP contribution < -0.4 is 10.6 Å². The molecule has 0 amide bonds. The van der Waals surface area contributed by atoms with Gasteiger partial charge in [-0.25, -0.2) is 9.97 Å². The van der Waals surface area contributed by atoms with E-state index in [1.54, 1.807) is 7.11 Å². The number of benzene rings is 2. The van der Waals surface area contributed by atoms with E-state index in [4.69, 9.17) is 21.9 Å². The molecule has 0 aliphatic heterocycles. The zero-order valence-electron chi connectivity index (χ0n) is 13.7. The summed E-state index contributed by atoms with van der Waals surface area (Å²) < 4.78 is 5.00. The van der Waals surface area contributed by atoms with Crippen molar-refractivity contribution in [2.75, 3.05) is 25.6 Å². The fourth-order valence-corrected chi connectivity index (χ4v) is 2.99. The molecule has 0 bridgehead atoms. The number of fused-ring (bicyclic) bond motifs is 4. The zero-order valence-corrected chi connectivity index (χ0v) is 14.5. The Kier molecular flexibility index (Phi) is 4.17. The highest BCUT2D eigenvalue weighted by molar-refractivity contribution is 7.80. The van der Waals surface area contributed by atoms with Gasteiger partial charge in [0.15, 0.2) is 10.8 Å². The summed E-state index contributed by atoms with van der Waals surface area (Å²) in [6.45, 7) is 1.26. The van der Waals surface area contributed by atoms with E-state index in [1.807, 2.05) is 42.5 Å². The van der Waals surface area contributed by atoms with Gasteiger partial charge in [0.25, 0.3) is 0 Å². The van der Waals surface area contributed by atoms with Gasteiger partial charge in [-0.15, -0.1) is 0 Å². The molecule has 2 aromatic heterocycles. The number of hydrogen-bond donors (Lipinski definition) is 3. The van der Waals surface area contributed by atoms with E-state index in [1.165, 1.54) is 0 Å². The lowest BCUT2D eigenvalue weighted by molar-refractivity contribution is 0.204. The van der Waals surface area contributed by atoms with Crippen molar-refractivity contribution in [2.45, 2.75) is 0 Å². The number of methoxy groups -OCH3 is 1. The van der Waals surface area contributed by atoms with Crippen molar-refractivity contribution in [1.82, 2.24) is 20.3 Å². The molecule has 4 aromatic rings. The van der Waals surface area contributed by atoms with Crippen LogP contribution in [0.1, 0.15) is 0 Å². The van der Waals surface area contributed by atoms with E-state index in [-0.39, 0.29) is 0 Å². The third kappa shape index (κ3) is 3.11. The summed E-state index contributed by atoms with van der Waals surface area (Å²) in [5.74, 6) is 0. The Morgan fingerprint density at radius 2 is 1.96 bits per heavy atom. The second-order valence-corrected chi connectivity index (χ2v) is 6.08. The highest BCUT2D eigenvalue weighted by Gasteiger charge is 2.09. The van der Waals surface area contributed by atoms with Crippen LogP contribution in [0.3, 0.4) is 0 Å². The minimum Gasteiger partial charge on any atom is -0.383 e. The summed E-state index contributed by atoms with van der Waals surface area (Å²) in [6, 6.07) is 13.9. The van der Waals surface area contributed by atoms with Crippen LogP contribution >= 0.6 is 12.2 Å². The number of aromatic nitrogens is 3. The molecule has 2 aromatic carbocycles. The quantitative estimate of drug-likeness (QED) is 0.387. The van der Waals surface area contributed by atoms with Gasteiger partial charge >= 0.3 is 0 Å². The molecule has 0 aliphatic carbocycles. The van der Waals surface area contributed by atoms with Gasteiger partial charge < -0.3 is 20.4 Å². The average molecular weight is 351 g/mol. The van der Waals surface area contributed by atoms with Gasteiger partial charge in [0.1, 0.15) is 5.52 Å². The number of hydrogen-bond acceptors (Lipinski definition) is 4. The van der Waals surface area contributed by atoms with Gasteiger partial charge in [-0.2, -0.15) is 0 Å². The highest BCUT2D eigenvalue weighted by Crippen LogP contribution is 2.27. The second kappa shape index (κ2) is 6.62. The molecule has 6 nitrogen and oxygen atoms in total. The smallest absolute Gasteiger partial charge is 0.170 e. The van der Waals surface area contributed by atoms with Gasteiger partial charge in [0.05, 0.1) is 17.6 Å². The van der Waals surface area contributed by atoms with Crippen molar-refractivity contribution < 1.29 is 4.74 Å². The van der Waals surface area contributed by atoms with Crippen molar-refractivity contribution in [3.8, 4) is 0 Å². The Balaban J connectivity index is 1.70. The Hall–Kier alpha value is -2.77. The number of nitrogens with zero attached hydrogens (tertiary/aromatic N) is 2. The maximum absolute atomic E-state index is 5.30. The van der Waals surface area contributed by atoms with Crippen LogP contribution in [0.15, 0.2) is 42.5 Å². The number of para-hydroxylation sites is 2. The molecule has 0 spiro atoms. The molecular formula is C18H17N5OS. The number of thiocarbonyl (C=S) groups is 1. The summed E-state index contributed by atoms with van der Waals surface area (Å²) in [7, 11) is 1.66. The number of nitrogens with one attached hydrogen (secondary N) is 3. The topological polar surface area (TPSA) is 74.9 Å². The van der Waals surface area contributed by atoms with Crippen LogP contribution in [0.5, 0.6) is 0 Å². The number of H-pyrrole nitrogens is 1. The van der Waals surface area contributed by atoms with Crippen LogP contribution in [0.25, 0.3) is 33.1 Å². The molecule has 0 saturated heterocycles. The van der Waals surface area contributed by atoms with Gasteiger partial charge in [-0.1, -0.05) is 12.1 Å². The van der Waals surface area contributed by atoms with Crippen molar-refractivity contribution >= 4 is 56.1 Å². The number of anilines is 1. The maximum Gasteiger partial charge on any atom is 0.170 e. The summed E-state index contributed by atoms with van der Waals surface area (Å²) >= 11 is 5.30. The molecule has 3 N–H and O–H groups in total. The molecule has 2 heterocycles. The minimum atomic E-state index is 0.563. The van der Waals surface area contributed by atoms with E-state index in [0.29, 0.717) is 18.3 Å². The van der Waals surface area contributed by atoms with Crippen LogP contribution in [0.4, 0.5) is 5.69 Å². The van der Waals surface area contributed by atoms with Crippen molar-refractivity contribution in [3.63, 3.8) is 0 Å². The van der Waals surface area contributed by atoms with Crippen molar-refractivity contribution in [1.29, 1.82) is 0 Å². The first-order valence-electron chi connectivity index (χ1n) is 7.96. The summed E-state index contributed by atoms with van der Waals surface area (Å²) in [5.41, 5.74) is 5.30. The summed E-state index contributed by atoms with van der Waals surface area (Å²) in [4.78, 5) is 12.8. The third-order valence-electron chi connectivity index (χ3n) is 3.95. The van der Waals surface area contributed by atoms with E-state index in [2.05, 4.69) is 20.6 Å². The normalized spacial score (nSPS) is 11.2. The summed E-state index contributed by atoms with van der Waals surface area (Å²) in [6.07, 6.45) is 0. The van der Waals surface area contributed by atoms with Gasteiger partial charge in [0, 0.05) is 30.2 Å². The molecule has 0 aliphatic rings. The van der Waals surface area contributed by atoms with E-state index < -0.39 is 0 Å². The predicted octanol–water partition coefficient (Wildman–Crippen LogP) is 3.20. The molecule has 0 unspecified atom stereocenters. The number of aromatic amines is 1. The number of ether oxygens (including phenoxy) is 1. The SMILES string of the molecule is COCCNC(=S)Nc1ccc2[nH]c3nc4ccccc4nc3c2c1. The first-order valence-corrected chi connectivity index (χ1v) is 8.37. The van der Waals surface area contributed by atoms with E-state index >= 15 is 0 Å². The van der Waals surface area contributed by atoms with Crippen LogP contribution in [-0.4, -0.2) is 40.3 Å². The number of rotatable bonds is 4. The van der Waals surface area contributed by atoms with Gasteiger partial charge in [-0.05, 0) is 42.5 Å². The average Bonchev–Trinajstić information content (AvgIpc) is 2.97. The highest BCUT2D eigenvalue weighted by atomic mass is 32.1. The molecule has 0 saturated carbocycles. The molecule has 7 heteroatoms. The monoisotopic (exact) mass is 351 g/mol. The molecule has 0 atom stereocenters. The first kappa shape index (κ1) is 15.7. The molecule has 0 radical (unpaired) electrons. The zero-order chi connectivity index (χ0) is 17.2. The fraction of sp³-hybridized carbons (Fsp3) is 0.167. The molecule has 4 rings (SSSR count). The fourth-order valence-electron chi connectivity index (χ4n) is 2.77. The molecule has 126 valence electrons. The van der Waals surface area contributed by atoms with Crippen molar-refractivity contribution in [3.05, 3.63) is 42.5 Å². The first-order chi connectivity index (χ1) is 12.2. The Morgan fingerprint density at radius 1 is 1.16 bits per heavy atom. The Morgan fingerprint density at radius 3 is 2.76 bits per heavy atom. The maximum atomic E-state index is 5.30. The standard InChI is InChI=1S/C18H17N5OS/c1-24-9-8-19-18(25)20-11-6-7-13-12(10-11)16-17(22-13)23-15-5-3-2-4-14(15)21-16/h2-7,10H,8-9H2,1H3,(H,22,23)(H2,19,20,25). The van der Waals surface area contributed by atoms with Crippen LogP contribution in [0, 0.1) is 0 Å². The molecular weight excluding hydrogens is 334 g/mol. The van der Waals surface area contributed by atoms with Gasteiger partial charge in [0.2, 0.25) is 0 Å².